The van der Waals surface area contributed by atoms with Gasteiger partial charge in [0.2, 0.25) is 5.89 Å². The van der Waals surface area contributed by atoms with E-state index in [1.54, 1.807) is 6.92 Å². The van der Waals surface area contributed by atoms with Crippen molar-refractivity contribution in [1.82, 2.24) is 10.2 Å². The summed E-state index contributed by atoms with van der Waals surface area (Å²) in [5.74, 6) is -0.459. The first kappa shape index (κ1) is 15.3. The topological polar surface area (TPSA) is 79.0 Å². The molecule has 0 aliphatic rings. The van der Waals surface area contributed by atoms with E-state index >= 15 is 0 Å². The molecule has 0 N–H and O–H groups in total. The van der Waals surface area contributed by atoms with Crippen molar-refractivity contribution in [2.24, 2.45) is 0 Å². The summed E-state index contributed by atoms with van der Waals surface area (Å²) in [5, 5.41) is 18.8. The Morgan fingerprint density at radius 2 is 1.95 bits per heavy atom. The summed E-state index contributed by atoms with van der Waals surface area (Å²) in [6.07, 6.45) is 1.53. The molecule has 0 amide bonds. The van der Waals surface area contributed by atoms with Gasteiger partial charge in [0.05, 0.1) is 5.97 Å². The van der Waals surface area contributed by atoms with Crippen molar-refractivity contribution < 1.29 is 14.3 Å². The second kappa shape index (κ2) is 6.58. The Kier molecular flexibility index (Phi) is 4.80. The Bertz CT molecular complexity index is 660. The first-order chi connectivity index (χ1) is 9.95. The number of aromatic nitrogens is 2. The number of benzene rings is 1. The van der Waals surface area contributed by atoms with Crippen molar-refractivity contribution in [1.29, 1.82) is 0 Å². The fourth-order valence-corrected chi connectivity index (χ4v) is 2.38. The third-order valence-electron chi connectivity index (χ3n) is 2.81. The van der Waals surface area contributed by atoms with Crippen LogP contribution in [0.25, 0.3) is 6.08 Å². The van der Waals surface area contributed by atoms with Crippen LogP contribution in [-0.4, -0.2) is 16.2 Å². The molecule has 1 aromatic carbocycles. The first-order valence-corrected chi connectivity index (χ1v) is 7.28. The highest BCUT2D eigenvalue weighted by Gasteiger charge is 2.09. The Morgan fingerprint density at radius 3 is 2.43 bits per heavy atom. The van der Waals surface area contributed by atoms with E-state index in [-0.39, 0.29) is 10.1 Å². The number of aryl methyl sites for hydroxylation is 1. The lowest BCUT2D eigenvalue weighted by molar-refractivity contribution is -0.298. The molecule has 0 spiro atoms. The molecule has 0 fully saturated rings. The third-order valence-corrected chi connectivity index (χ3v) is 3.65. The van der Waals surface area contributed by atoms with Crippen LogP contribution in [0.1, 0.15) is 36.8 Å². The van der Waals surface area contributed by atoms with Crippen molar-refractivity contribution >= 4 is 23.8 Å². The summed E-state index contributed by atoms with van der Waals surface area (Å²) in [4.78, 5) is 11.2. The summed E-state index contributed by atoms with van der Waals surface area (Å²) in [7, 11) is 0. The number of hydrogen-bond acceptors (Lipinski definition) is 6. The van der Waals surface area contributed by atoms with Crippen molar-refractivity contribution in [3.05, 3.63) is 46.2 Å². The van der Waals surface area contributed by atoms with Crippen molar-refractivity contribution in [3.63, 3.8) is 0 Å². The zero-order valence-corrected chi connectivity index (χ0v) is 12.8. The van der Waals surface area contributed by atoms with Gasteiger partial charge in [-0.05, 0) is 34.9 Å². The Hall–Kier alpha value is -2.08. The van der Waals surface area contributed by atoms with Crippen LogP contribution in [0.15, 0.2) is 38.8 Å². The summed E-state index contributed by atoms with van der Waals surface area (Å²) >= 11 is 0.882. The average molecular weight is 303 g/mol. The minimum Gasteiger partial charge on any atom is -0.544 e. The Labute approximate surface area is 127 Å². The van der Waals surface area contributed by atoms with Crippen LogP contribution >= 0.6 is 11.8 Å². The van der Waals surface area contributed by atoms with Gasteiger partial charge < -0.3 is 14.3 Å². The first-order valence-electron chi connectivity index (χ1n) is 6.46. The predicted octanol–water partition coefficient (Wildman–Crippen LogP) is 2.38. The molecule has 21 heavy (non-hydrogen) atoms. The van der Waals surface area contributed by atoms with Crippen molar-refractivity contribution in [2.75, 3.05) is 0 Å². The molecule has 6 heteroatoms. The van der Waals surface area contributed by atoms with E-state index in [1.165, 1.54) is 11.6 Å². The fourth-order valence-electron chi connectivity index (χ4n) is 1.67. The van der Waals surface area contributed by atoms with E-state index in [0.717, 1.165) is 17.3 Å². The van der Waals surface area contributed by atoms with Gasteiger partial charge in [-0.15, -0.1) is 10.2 Å². The van der Waals surface area contributed by atoms with Gasteiger partial charge >= 0.3 is 0 Å². The van der Waals surface area contributed by atoms with Crippen LogP contribution in [0, 0.1) is 6.92 Å². The number of thioether (sulfide) groups is 1. The Balaban J connectivity index is 2.22. The highest BCUT2D eigenvalue weighted by molar-refractivity contribution is 8.03. The Morgan fingerprint density at radius 1 is 1.29 bits per heavy atom. The molecule has 5 nitrogen and oxygen atoms in total. The molecule has 1 heterocycles. The molecular weight excluding hydrogens is 288 g/mol. The SMILES string of the molecule is Cc1nnc(S/C(=C/c2ccc(C(C)C)cc2)C(=O)[O-])o1. The molecule has 0 saturated carbocycles. The van der Waals surface area contributed by atoms with Gasteiger partial charge in [0.1, 0.15) is 0 Å². The molecule has 110 valence electrons. The molecule has 0 aliphatic carbocycles. The van der Waals surface area contributed by atoms with Crippen LogP contribution < -0.4 is 5.11 Å². The number of aliphatic carboxylic acids is 1. The molecule has 0 bridgehead atoms. The van der Waals surface area contributed by atoms with Gasteiger partial charge in [0.25, 0.3) is 5.22 Å². The van der Waals surface area contributed by atoms with Crippen molar-refractivity contribution in [2.45, 2.75) is 31.9 Å². The van der Waals surface area contributed by atoms with E-state index in [4.69, 9.17) is 4.42 Å². The second-order valence-corrected chi connectivity index (χ2v) is 5.80. The largest absolute Gasteiger partial charge is 0.544 e. The summed E-state index contributed by atoms with van der Waals surface area (Å²) < 4.78 is 5.16. The van der Waals surface area contributed by atoms with Crippen molar-refractivity contribution in [3.8, 4) is 0 Å². The number of carboxylic acid groups (broad SMARTS) is 1. The fraction of sp³-hybridized carbons (Fsp3) is 0.267. The number of nitrogens with zero attached hydrogens (tertiary/aromatic N) is 2. The third kappa shape index (κ3) is 4.19. The quantitative estimate of drug-likeness (QED) is 0.623. The maximum absolute atomic E-state index is 11.2. The van der Waals surface area contributed by atoms with Gasteiger partial charge in [-0.2, -0.15) is 0 Å². The predicted molar refractivity (Wildman–Crippen MR) is 78.4 cm³/mol. The van der Waals surface area contributed by atoms with Gasteiger partial charge in [0, 0.05) is 11.8 Å². The molecule has 0 atom stereocenters. The van der Waals surface area contributed by atoms with Gasteiger partial charge in [-0.1, -0.05) is 38.1 Å². The van der Waals surface area contributed by atoms with Gasteiger partial charge in [0.15, 0.2) is 0 Å². The molecular formula is C15H15N2O3S-. The maximum atomic E-state index is 11.2. The number of hydrogen-bond donors (Lipinski definition) is 0. The molecule has 0 saturated heterocycles. The number of carboxylic acids is 1. The van der Waals surface area contributed by atoms with E-state index < -0.39 is 5.97 Å². The van der Waals surface area contributed by atoms with Crippen LogP contribution in [0.2, 0.25) is 0 Å². The minimum atomic E-state index is -1.27. The standard InChI is InChI=1S/C15H16N2O3S/c1-9(2)12-6-4-11(5-7-12)8-13(14(18)19)21-15-17-16-10(3)20-15/h4-9H,1-3H3,(H,18,19)/p-1/b13-8+. The lowest BCUT2D eigenvalue weighted by Crippen LogP contribution is -2.23. The van der Waals surface area contributed by atoms with E-state index in [2.05, 4.69) is 24.0 Å². The second-order valence-electron chi connectivity index (χ2n) is 4.81. The smallest absolute Gasteiger partial charge is 0.281 e. The summed E-state index contributed by atoms with van der Waals surface area (Å²) in [5.41, 5.74) is 1.98. The maximum Gasteiger partial charge on any atom is 0.281 e. The van der Waals surface area contributed by atoms with E-state index in [1.807, 2.05) is 24.3 Å². The lowest BCUT2D eigenvalue weighted by Gasteiger charge is -2.07. The van der Waals surface area contributed by atoms with E-state index in [0.29, 0.717) is 11.8 Å². The monoisotopic (exact) mass is 303 g/mol. The molecule has 0 radical (unpaired) electrons. The summed E-state index contributed by atoms with van der Waals surface area (Å²) in [6.45, 7) is 5.85. The zero-order valence-electron chi connectivity index (χ0n) is 12.0. The van der Waals surface area contributed by atoms with Crippen LogP contribution in [0.4, 0.5) is 0 Å². The van der Waals surface area contributed by atoms with E-state index in [9.17, 15) is 9.90 Å². The molecule has 2 aromatic rings. The van der Waals surface area contributed by atoms with Gasteiger partial charge in [-0.3, -0.25) is 0 Å². The normalized spacial score (nSPS) is 11.9. The lowest BCUT2D eigenvalue weighted by atomic mass is 10.0. The zero-order chi connectivity index (χ0) is 15.4. The molecule has 0 unspecified atom stereocenters. The number of carbonyl (C=O) groups is 1. The summed E-state index contributed by atoms with van der Waals surface area (Å²) in [6, 6.07) is 7.70. The average Bonchev–Trinajstić information content (AvgIpc) is 2.84. The molecule has 0 aliphatic heterocycles. The highest BCUT2D eigenvalue weighted by atomic mass is 32.2. The number of rotatable bonds is 5. The van der Waals surface area contributed by atoms with Gasteiger partial charge in [-0.25, -0.2) is 0 Å². The van der Waals surface area contributed by atoms with Crippen LogP contribution in [0.5, 0.6) is 0 Å². The minimum absolute atomic E-state index is 0.0240. The molecule has 2 rings (SSSR count). The van der Waals surface area contributed by atoms with Crippen LogP contribution in [-0.2, 0) is 4.79 Å². The number of carbonyl (C=O) groups excluding carboxylic acids is 1. The van der Waals surface area contributed by atoms with Crippen LogP contribution in [0.3, 0.4) is 0 Å². The highest BCUT2D eigenvalue weighted by Crippen LogP contribution is 2.27. The molecule has 1 aromatic heterocycles.